The molecule has 16 heavy (non-hydrogen) atoms. The van der Waals surface area contributed by atoms with Gasteiger partial charge in [-0.2, -0.15) is 0 Å². The van der Waals surface area contributed by atoms with Gasteiger partial charge in [0.05, 0.1) is 20.4 Å². The van der Waals surface area contributed by atoms with Crippen molar-refractivity contribution in [2.45, 2.75) is 33.6 Å². The van der Waals surface area contributed by atoms with E-state index < -0.39 is 0 Å². The third kappa shape index (κ3) is 3.25. The van der Waals surface area contributed by atoms with Crippen molar-refractivity contribution in [3.8, 4) is 0 Å². The van der Waals surface area contributed by atoms with Gasteiger partial charge in [0.15, 0.2) is 0 Å². The molecule has 0 aliphatic heterocycles. The molecule has 1 rings (SSSR count). The van der Waals surface area contributed by atoms with Gasteiger partial charge < -0.3 is 10.6 Å². The average Bonchev–Trinajstić information content (AvgIpc) is 2.26. The molecule has 4 heteroatoms. The van der Waals surface area contributed by atoms with Gasteiger partial charge in [0.2, 0.25) is 0 Å². The largest absolute Gasteiger partial charge is 0.382 e. The minimum absolute atomic E-state index is 0.762. The number of nitrogens with one attached hydrogen (secondary N) is 2. The first-order chi connectivity index (χ1) is 7.57. The molecule has 0 unspecified atom stereocenters. The maximum atomic E-state index is 5.22. The molecule has 0 radical (unpaired) electrons. The van der Waals surface area contributed by atoms with Crippen LogP contribution in [0.3, 0.4) is 0 Å². The first-order valence-corrected chi connectivity index (χ1v) is 6.70. The Morgan fingerprint density at radius 1 is 1.06 bits per heavy atom. The maximum absolute atomic E-state index is 5.22. The van der Waals surface area contributed by atoms with E-state index in [-0.39, 0.29) is 0 Å². The minimum Gasteiger partial charge on any atom is -0.382 e. The van der Waals surface area contributed by atoms with Gasteiger partial charge in [-0.25, -0.2) is 0 Å². The van der Waals surface area contributed by atoms with Crippen LogP contribution in [0.4, 0.5) is 11.4 Å². The lowest BCUT2D eigenvalue weighted by Crippen LogP contribution is -2.10. The van der Waals surface area contributed by atoms with Crippen molar-refractivity contribution in [3.63, 3.8) is 0 Å². The molecule has 0 aromatic heterocycles. The molecule has 0 saturated heterocycles. The van der Waals surface area contributed by atoms with Crippen LogP contribution in [-0.4, -0.2) is 13.1 Å². The molecule has 0 fully saturated rings. The topological polar surface area (TPSA) is 24.1 Å². The quantitative estimate of drug-likeness (QED) is 0.561. The zero-order valence-corrected chi connectivity index (χ0v) is 11.9. The molecule has 0 saturated carbocycles. The van der Waals surface area contributed by atoms with Crippen LogP contribution in [0.1, 0.15) is 33.6 Å². The van der Waals surface area contributed by atoms with E-state index in [1.165, 1.54) is 12.8 Å². The smallest absolute Gasteiger partial charge is 0.0832 e. The lowest BCUT2D eigenvalue weighted by atomic mass is 10.1. The number of anilines is 2. The zero-order chi connectivity index (χ0) is 12.1. The molecular weight excluding hydrogens is 236 g/mol. The molecule has 0 atom stereocenters. The Kier molecular flexibility index (Phi) is 5.35. The predicted octanol–water partition coefficient (Wildman–Crippen LogP) is 4.30. The second kappa shape index (κ2) is 6.30. The summed E-state index contributed by atoms with van der Waals surface area (Å²) in [6.45, 7) is 8.41. The van der Waals surface area contributed by atoms with Gasteiger partial charge in [-0.15, -0.1) is 0 Å². The van der Waals surface area contributed by atoms with Crippen molar-refractivity contribution in [2.24, 2.45) is 5.92 Å². The molecule has 0 amide bonds. The Morgan fingerprint density at radius 2 is 1.62 bits per heavy atom. The molecular formula is C12H20N2S2. The number of rotatable bonds is 7. The normalized spacial score (nSPS) is 11.0. The molecule has 0 bridgehead atoms. The van der Waals surface area contributed by atoms with E-state index in [1.807, 2.05) is 0 Å². The van der Waals surface area contributed by atoms with E-state index in [2.05, 4.69) is 31.4 Å². The minimum atomic E-state index is 0.762. The van der Waals surface area contributed by atoms with Gasteiger partial charge in [-0.05, 0) is 25.7 Å². The summed E-state index contributed by atoms with van der Waals surface area (Å²) in [4.78, 5) is 0. The fourth-order valence-corrected chi connectivity index (χ4v) is 2.18. The van der Waals surface area contributed by atoms with E-state index >= 15 is 0 Å². The first kappa shape index (κ1) is 13.6. The summed E-state index contributed by atoms with van der Waals surface area (Å²) in [6, 6.07) is 0. The van der Waals surface area contributed by atoms with Crippen LogP contribution in [0.2, 0.25) is 0 Å². The van der Waals surface area contributed by atoms with Crippen LogP contribution in [0.25, 0.3) is 0 Å². The van der Waals surface area contributed by atoms with Crippen molar-refractivity contribution < 1.29 is 0 Å². The van der Waals surface area contributed by atoms with Crippen LogP contribution >= 0.6 is 24.4 Å². The average molecular weight is 256 g/mol. The third-order valence-electron chi connectivity index (χ3n) is 2.52. The Hall–Kier alpha value is -0.480. The maximum Gasteiger partial charge on any atom is 0.0832 e. The Balaban J connectivity index is 2.45. The SMILES string of the molecule is CCNc1c(NCCCC(C)C)c(=S)c1=S. The standard InChI is InChI=1S/C12H20N2S2/c1-4-13-9-10(12(16)11(9)15)14-7-5-6-8(2)3/h8,13-14H,4-7H2,1-3H3. The van der Waals surface area contributed by atoms with Crippen molar-refractivity contribution in [1.29, 1.82) is 0 Å². The van der Waals surface area contributed by atoms with Crippen molar-refractivity contribution in [1.82, 2.24) is 0 Å². The van der Waals surface area contributed by atoms with Gasteiger partial charge in [0.1, 0.15) is 0 Å². The lowest BCUT2D eigenvalue weighted by Gasteiger charge is -2.17. The predicted molar refractivity (Wildman–Crippen MR) is 77.2 cm³/mol. The van der Waals surface area contributed by atoms with E-state index in [0.717, 1.165) is 39.4 Å². The van der Waals surface area contributed by atoms with Crippen LogP contribution in [0.5, 0.6) is 0 Å². The lowest BCUT2D eigenvalue weighted by molar-refractivity contribution is 0.567. The molecule has 0 spiro atoms. The summed E-state index contributed by atoms with van der Waals surface area (Å²) in [5.74, 6) is 0.762. The number of hydrogen-bond acceptors (Lipinski definition) is 4. The molecule has 2 N–H and O–H groups in total. The molecule has 1 aromatic carbocycles. The highest BCUT2D eigenvalue weighted by Crippen LogP contribution is 2.32. The van der Waals surface area contributed by atoms with Crippen LogP contribution < -0.4 is 10.6 Å². The highest BCUT2D eigenvalue weighted by molar-refractivity contribution is 7.74. The van der Waals surface area contributed by atoms with E-state index in [0.29, 0.717) is 0 Å². The number of hydrogen-bond donors (Lipinski definition) is 2. The summed E-state index contributed by atoms with van der Waals surface area (Å²) in [6.07, 6.45) is 2.42. The van der Waals surface area contributed by atoms with Crippen molar-refractivity contribution in [2.75, 3.05) is 23.7 Å². The van der Waals surface area contributed by atoms with Crippen molar-refractivity contribution >= 4 is 35.8 Å². The van der Waals surface area contributed by atoms with Gasteiger partial charge in [0.25, 0.3) is 0 Å². The Morgan fingerprint density at radius 3 is 2.12 bits per heavy atom. The van der Waals surface area contributed by atoms with E-state index in [4.69, 9.17) is 24.4 Å². The van der Waals surface area contributed by atoms with Crippen LogP contribution in [0.15, 0.2) is 0 Å². The van der Waals surface area contributed by atoms with Crippen LogP contribution in [0, 0.1) is 14.9 Å². The second-order valence-corrected chi connectivity index (χ2v) is 5.22. The summed E-state index contributed by atoms with van der Waals surface area (Å²) in [5.41, 5.74) is 2.08. The van der Waals surface area contributed by atoms with Gasteiger partial charge >= 0.3 is 0 Å². The Bertz CT molecular complexity index is 403. The zero-order valence-electron chi connectivity index (χ0n) is 10.2. The fraction of sp³-hybridized carbons (Fsp3) is 0.667. The molecule has 1 aromatic rings. The van der Waals surface area contributed by atoms with Crippen LogP contribution in [-0.2, 0) is 0 Å². The molecule has 0 aliphatic carbocycles. The molecule has 0 aliphatic rings. The van der Waals surface area contributed by atoms with Gasteiger partial charge in [-0.1, -0.05) is 38.3 Å². The first-order valence-electron chi connectivity index (χ1n) is 5.89. The van der Waals surface area contributed by atoms with Crippen molar-refractivity contribution in [3.05, 3.63) is 9.02 Å². The Labute approximate surface area is 108 Å². The second-order valence-electron chi connectivity index (χ2n) is 4.40. The monoisotopic (exact) mass is 256 g/mol. The van der Waals surface area contributed by atoms with E-state index in [9.17, 15) is 0 Å². The molecule has 2 nitrogen and oxygen atoms in total. The summed E-state index contributed by atoms with van der Waals surface area (Å²) in [7, 11) is 0. The van der Waals surface area contributed by atoms with E-state index in [1.54, 1.807) is 0 Å². The highest BCUT2D eigenvalue weighted by atomic mass is 32.1. The van der Waals surface area contributed by atoms with Gasteiger partial charge in [-0.3, -0.25) is 0 Å². The molecule has 0 heterocycles. The summed E-state index contributed by atoms with van der Waals surface area (Å²) >= 11 is 10.4. The third-order valence-corrected chi connectivity index (χ3v) is 3.47. The van der Waals surface area contributed by atoms with Gasteiger partial charge in [0, 0.05) is 13.1 Å². The highest BCUT2D eigenvalue weighted by Gasteiger charge is 2.12. The summed E-state index contributed by atoms with van der Waals surface area (Å²) < 4.78 is 1.62. The molecule has 90 valence electrons. The fourth-order valence-electron chi connectivity index (χ4n) is 1.63. The summed E-state index contributed by atoms with van der Waals surface area (Å²) in [5, 5.41) is 6.63.